The quantitative estimate of drug-likeness (QED) is 0.143. The molecule has 0 amide bonds. The summed E-state index contributed by atoms with van der Waals surface area (Å²) in [6.07, 6.45) is 18.5. The molecule has 1 heterocycles. The van der Waals surface area contributed by atoms with E-state index < -0.39 is 5.97 Å². The highest BCUT2D eigenvalue weighted by Crippen LogP contribution is 2.31. The van der Waals surface area contributed by atoms with Gasteiger partial charge in [-0.3, -0.25) is 0 Å². The Morgan fingerprint density at radius 1 is 1.00 bits per heavy atom. The largest absolute Gasteiger partial charge is 0.487 e. The van der Waals surface area contributed by atoms with E-state index in [0.29, 0.717) is 35.5 Å². The summed E-state index contributed by atoms with van der Waals surface area (Å²) in [5.41, 5.74) is 4.20. The summed E-state index contributed by atoms with van der Waals surface area (Å²) < 4.78 is 17.5. The van der Waals surface area contributed by atoms with E-state index >= 15 is 0 Å². The molecule has 1 saturated heterocycles. The SMILES string of the molecule is C=C1CC(C(CCCCCCCC)Oc2ccc(C(=O)OC3=CC=C(C4=CC=C(C#N)CC4)CC3)cc2)OC1=O. The summed E-state index contributed by atoms with van der Waals surface area (Å²) in [4.78, 5) is 24.7. The van der Waals surface area contributed by atoms with Gasteiger partial charge in [0.1, 0.15) is 23.7 Å². The first-order valence-corrected chi connectivity index (χ1v) is 14.5. The number of unbranched alkanes of at least 4 members (excludes halogenated alkanes) is 5. The summed E-state index contributed by atoms with van der Waals surface area (Å²) in [5, 5.41) is 9.03. The number of nitrogens with zero attached hydrogens (tertiary/aromatic N) is 1. The van der Waals surface area contributed by atoms with E-state index in [1.165, 1.54) is 36.8 Å². The zero-order valence-electron chi connectivity index (χ0n) is 23.5. The Balaban J connectivity index is 1.32. The van der Waals surface area contributed by atoms with Crippen molar-refractivity contribution in [2.24, 2.45) is 0 Å². The Bertz CT molecular complexity index is 1240. The first kappa shape index (κ1) is 29.1. The fraction of sp³-hybridized carbons (Fsp3) is 0.441. The van der Waals surface area contributed by atoms with Gasteiger partial charge in [-0.05, 0) is 79.7 Å². The number of esters is 2. The van der Waals surface area contributed by atoms with Crippen molar-refractivity contribution >= 4 is 11.9 Å². The van der Waals surface area contributed by atoms with Gasteiger partial charge in [-0.1, -0.05) is 57.8 Å². The summed E-state index contributed by atoms with van der Waals surface area (Å²) in [5.74, 6) is 0.512. The predicted octanol–water partition coefficient (Wildman–Crippen LogP) is 7.99. The first-order chi connectivity index (χ1) is 19.5. The van der Waals surface area contributed by atoms with Crippen molar-refractivity contribution in [2.75, 3.05) is 0 Å². The highest BCUT2D eigenvalue weighted by molar-refractivity contribution is 5.90. The van der Waals surface area contributed by atoms with Gasteiger partial charge < -0.3 is 14.2 Å². The molecule has 0 bridgehead atoms. The van der Waals surface area contributed by atoms with Gasteiger partial charge >= 0.3 is 11.9 Å². The van der Waals surface area contributed by atoms with Crippen LogP contribution in [-0.4, -0.2) is 24.1 Å². The van der Waals surface area contributed by atoms with Gasteiger partial charge in [0.2, 0.25) is 0 Å². The number of rotatable bonds is 13. The van der Waals surface area contributed by atoms with Gasteiger partial charge in [0.05, 0.1) is 11.6 Å². The maximum Gasteiger partial charge on any atom is 0.343 e. The summed E-state index contributed by atoms with van der Waals surface area (Å²) in [7, 11) is 0. The van der Waals surface area contributed by atoms with Crippen LogP contribution >= 0.6 is 0 Å². The van der Waals surface area contributed by atoms with Crippen LogP contribution in [-0.2, 0) is 14.3 Å². The van der Waals surface area contributed by atoms with Crippen LogP contribution in [0.25, 0.3) is 0 Å². The third-order valence-electron chi connectivity index (χ3n) is 7.67. The van der Waals surface area contributed by atoms with E-state index in [9.17, 15) is 9.59 Å². The monoisotopic (exact) mass is 541 g/mol. The Hall–Kier alpha value is -3.85. The highest BCUT2D eigenvalue weighted by Gasteiger charge is 2.35. The fourth-order valence-corrected chi connectivity index (χ4v) is 5.23. The number of allylic oxidation sites excluding steroid dienone is 8. The third-order valence-corrected chi connectivity index (χ3v) is 7.67. The average molecular weight is 542 g/mol. The number of nitriles is 1. The van der Waals surface area contributed by atoms with Crippen molar-refractivity contribution in [1.82, 2.24) is 0 Å². The Labute approximate surface area is 237 Å². The highest BCUT2D eigenvalue weighted by atomic mass is 16.6. The molecule has 2 aliphatic carbocycles. The molecular formula is C34H39NO5. The number of benzene rings is 1. The second-order valence-electron chi connectivity index (χ2n) is 10.7. The third kappa shape index (κ3) is 8.08. The van der Waals surface area contributed by atoms with Crippen LogP contribution in [0.5, 0.6) is 5.75 Å². The van der Waals surface area contributed by atoms with Crippen molar-refractivity contribution in [1.29, 1.82) is 5.26 Å². The maximum absolute atomic E-state index is 12.8. The molecule has 0 aromatic heterocycles. The number of carbonyl (C=O) groups is 2. The van der Waals surface area contributed by atoms with Crippen LogP contribution in [0.2, 0.25) is 0 Å². The number of carbonyl (C=O) groups excluding carboxylic acids is 2. The summed E-state index contributed by atoms with van der Waals surface area (Å²) in [6, 6.07) is 9.15. The Kier molecular flexibility index (Phi) is 10.6. The number of hydrogen-bond acceptors (Lipinski definition) is 6. The molecule has 1 aromatic rings. The van der Waals surface area contributed by atoms with E-state index in [2.05, 4.69) is 19.6 Å². The standard InChI is InChI=1S/C34H39NO5/c1-3-4-5-6-7-8-9-31(32-22-24(2)33(36)40-32)38-29-20-16-28(17-21-29)34(37)39-30-18-14-27(15-19-30)26-12-10-25(23-35)11-13-26/h10,12,14,16-18,20-21,31-32H,2-9,11,13,15,19,22H2,1H3. The lowest BCUT2D eigenvalue weighted by Gasteiger charge is -2.24. The molecule has 0 radical (unpaired) electrons. The van der Waals surface area contributed by atoms with Crippen molar-refractivity contribution < 1.29 is 23.8 Å². The zero-order valence-corrected chi connectivity index (χ0v) is 23.5. The molecule has 210 valence electrons. The average Bonchev–Trinajstić information content (AvgIpc) is 3.32. The van der Waals surface area contributed by atoms with Gasteiger partial charge in [-0.2, -0.15) is 5.26 Å². The maximum atomic E-state index is 12.8. The van der Waals surface area contributed by atoms with Crippen LogP contribution in [0.4, 0.5) is 0 Å². The van der Waals surface area contributed by atoms with Crippen LogP contribution in [0.3, 0.4) is 0 Å². The van der Waals surface area contributed by atoms with Crippen molar-refractivity contribution in [3.63, 3.8) is 0 Å². The predicted molar refractivity (Wildman–Crippen MR) is 154 cm³/mol. The molecular weight excluding hydrogens is 502 g/mol. The molecule has 1 fully saturated rings. The lowest BCUT2D eigenvalue weighted by atomic mass is 9.89. The Morgan fingerprint density at radius 2 is 1.70 bits per heavy atom. The van der Waals surface area contributed by atoms with Crippen molar-refractivity contribution in [3.05, 3.63) is 88.8 Å². The smallest absolute Gasteiger partial charge is 0.343 e. The Morgan fingerprint density at radius 3 is 2.30 bits per heavy atom. The molecule has 0 spiro atoms. The van der Waals surface area contributed by atoms with Crippen LogP contribution in [0.15, 0.2) is 83.2 Å². The first-order valence-electron chi connectivity index (χ1n) is 14.5. The van der Waals surface area contributed by atoms with Gasteiger partial charge in [-0.15, -0.1) is 0 Å². The molecule has 0 saturated carbocycles. The van der Waals surface area contributed by atoms with E-state index in [0.717, 1.165) is 44.1 Å². The molecule has 2 unspecified atom stereocenters. The van der Waals surface area contributed by atoms with Crippen molar-refractivity contribution in [2.45, 2.75) is 96.2 Å². The van der Waals surface area contributed by atoms with E-state index in [-0.39, 0.29) is 18.2 Å². The van der Waals surface area contributed by atoms with Crippen LogP contribution in [0, 0.1) is 11.3 Å². The molecule has 3 aliphatic rings. The van der Waals surface area contributed by atoms with Gasteiger partial charge in [0.15, 0.2) is 0 Å². The molecule has 40 heavy (non-hydrogen) atoms. The van der Waals surface area contributed by atoms with Gasteiger partial charge in [-0.25, -0.2) is 9.59 Å². The normalized spacial score (nSPS) is 19.4. The summed E-state index contributed by atoms with van der Waals surface area (Å²) in [6.45, 7) is 6.02. The minimum absolute atomic E-state index is 0.262. The zero-order chi connectivity index (χ0) is 28.3. The number of ether oxygens (including phenoxy) is 3. The molecule has 0 N–H and O–H groups in total. The number of hydrogen-bond donors (Lipinski definition) is 0. The molecule has 1 aromatic carbocycles. The van der Waals surface area contributed by atoms with E-state index in [4.69, 9.17) is 19.5 Å². The van der Waals surface area contributed by atoms with E-state index in [1.807, 2.05) is 24.3 Å². The molecule has 2 atom stereocenters. The van der Waals surface area contributed by atoms with Crippen LogP contribution in [0.1, 0.15) is 94.3 Å². The second kappa shape index (κ2) is 14.5. The fourth-order valence-electron chi connectivity index (χ4n) is 5.23. The molecule has 6 nitrogen and oxygen atoms in total. The van der Waals surface area contributed by atoms with Crippen molar-refractivity contribution in [3.8, 4) is 11.8 Å². The minimum Gasteiger partial charge on any atom is -0.487 e. The molecule has 1 aliphatic heterocycles. The van der Waals surface area contributed by atoms with Gasteiger partial charge in [0.25, 0.3) is 0 Å². The minimum atomic E-state index is -0.405. The summed E-state index contributed by atoms with van der Waals surface area (Å²) >= 11 is 0. The lowest BCUT2D eigenvalue weighted by molar-refractivity contribution is -0.142. The van der Waals surface area contributed by atoms with E-state index in [1.54, 1.807) is 24.3 Å². The van der Waals surface area contributed by atoms with Crippen LogP contribution < -0.4 is 4.74 Å². The number of cyclic esters (lactones) is 1. The molecule has 6 heteroatoms. The lowest BCUT2D eigenvalue weighted by Crippen LogP contribution is -2.31. The topological polar surface area (TPSA) is 85.6 Å². The second-order valence-corrected chi connectivity index (χ2v) is 10.7. The van der Waals surface area contributed by atoms with Gasteiger partial charge in [0, 0.05) is 24.0 Å². The molecule has 4 rings (SSSR count).